The summed E-state index contributed by atoms with van der Waals surface area (Å²) in [5.41, 5.74) is 0.931. The first-order chi connectivity index (χ1) is 15.9. The van der Waals surface area contributed by atoms with Crippen LogP contribution in [0.25, 0.3) is 11.2 Å². The van der Waals surface area contributed by atoms with E-state index in [0.29, 0.717) is 30.9 Å². The van der Waals surface area contributed by atoms with E-state index in [1.165, 1.54) is 20.0 Å². The molecular weight excluding hydrogens is 451 g/mol. The lowest BCUT2D eigenvalue weighted by atomic mass is 10.1. The number of H-pyrrole nitrogens is 1. The Kier molecular flexibility index (Phi) is 6.68. The second-order valence-corrected chi connectivity index (χ2v) is 8.20. The normalized spacial score (nSPS) is 11.5. The molecule has 0 saturated carbocycles. The first kappa shape index (κ1) is 22.8. The van der Waals surface area contributed by atoms with Crippen LogP contribution >= 0.6 is 11.6 Å². The van der Waals surface area contributed by atoms with E-state index in [0.717, 1.165) is 18.4 Å². The maximum atomic E-state index is 14.1. The van der Waals surface area contributed by atoms with E-state index in [1.807, 2.05) is 19.9 Å². The van der Waals surface area contributed by atoms with E-state index >= 15 is 0 Å². The van der Waals surface area contributed by atoms with Gasteiger partial charge in [0.15, 0.2) is 17.0 Å². The second-order valence-electron chi connectivity index (χ2n) is 7.84. The van der Waals surface area contributed by atoms with Gasteiger partial charge < -0.3 is 4.98 Å². The molecule has 0 aliphatic heterocycles. The third kappa shape index (κ3) is 4.72. The molecule has 0 spiro atoms. The van der Waals surface area contributed by atoms with Gasteiger partial charge >= 0.3 is 5.69 Å². The highest BCUT2D eigenvalue weighted by Gasteiger charge is 2.17. The zero-order valence-electron chi connectivity index (χ0n) is 18.4. The molecule has 10 nitrogen and oxygen atoms in total. The van der Waals surface area contributed by atoms with Gasteiger partial charge in [-0.05, 0) is 53.8 Å². The lowest BCUT2D eigenvalue weighted by Crippen LogP contribution is -2.40. The van der Waals surface area contributed by atoms with E-state index in [-0.39, 0.29) is 35.2 Å². The molecule has 4 aromatic rings. The highest BCUT2D eigenvalue weighted by molar-refractivity contribution is 6.28. The van der Waals surface area contributed by atoms with Crippen LogP contribution in [0, 0.1) is 12.7 Å². The SMILES string of the molecule is CCCCn1c(=O)n(CCCn2nnc(Cc3c(C)cccc3F)n2)c(=O)c2[nH]c(Cl)nc21. The summed E-state index contributed by atoms with van der Waals surface area (Å²) < 4.78 is 16.7. The van der Waals surface area contributed by atoms with Gasteiger partial charge in [-0.2, -0.15) is 9.78 Å². The number of hydrogen-bond acceptors (Lipinski definition) is 6. The molecule has 0 radical (unpaired) electrons. The molecule has 0 aliphatic carbocycles. The van der Waals surface area contributed by atoms with E-state index < -0.39 is 11.2 Å². The van der Waals surface area contributed by atoms with Gasteiger partial charge in [0.25, 0.3) is 5.56 Å². The van der Waals surface area contributed by atoms with Crippen LogP contribution in [0.15, 0.2) is 27.8 Å². The van der Waals surface area contributed by atoms with Crippen molar-refractivity contribution in [2.24, 2.45) is 0 Å². The third-order valence-electron chi connectivity index (χ3n) is 5.49. The number of hydrogen-bond donors (Lipinski definition) is 1. The zero-order chi connectivity index (χ0) is 23.5. The van der Waals surface area contributed by atoms with Gasteiger partial charge in [-0.1, -0.05) is 25.5 Å². The largest absolute Gasteiger partial charge is 0.332 e. The van der Waals surface area contributed by atoms with E-state index in [2.05, 4.69) is 25.4 Å². The number of nitrogens with zero attached hydrogens (tertiary/aromatic N) is 7. The number of nitrogens with one attached hydrogen (secondary N) is 1. The van der Waals surface area contributed by atoms with Crippen molar-refractivity contribution in [3.63, 3.8) is 0 Å². The van der Waals surface area contributed by atoms with Crippen molar-refractivity contribution in [3.8, 4) is 0 Å². The maximum absolute atomic E-state index is 14.1. The van der Waals surface area contributed by atoms with Gasteiger partial charge in [0, 0.05) is 19.5 Å². The molecule has 0 aliphatic rings. The Morgan fingerprint density at radius 2 is 1.91 bits per heavy atom. The Balaban J connectivity index is 1.50. The molecule has 3 aromatic heterocycles. The lowest BCUT2D eigenvalue weighted by molar-refractivity contribution is 0.451. The average molecular weight is 475 g/mol. The van der Waals surface area contributed by atoms with Gasteiger partial charge in [0.05, 0.1) is 6.54 Å². The molecule has 1 aromatic carbocycles. The van der Waals surface area contributed by atoms with E-state index in [4.69, 9.17) is 11.6 Å². The van der Waals surface area contributed by atoms with Crippen LogP contribution in [0.3, 0.4) is 0 Å². The standard InChI is InChI=1S/C21H24ClFN8O2/c1-3-4-9-29-18-17(24-20(22)25-18)19(32)30(21(29)33)10-6-11-31-27-16(26-28-31)12-14-13(2)7-5-8-15(14)23/h5,7-8H,3-4,6,9-12H2,1-2H3,(H,24,25). The van der Waals surface area contributed by atoms with Gasteiger partial charge in [-0.15, -0.1) is 10.2 Å². The van der Waals surface area contributed by atoms with Crippen molar-refractivity contribution in [3.05, 3.63) is 67.1 Å². The number of aromatic nitrogens is 8. The lowest BCUT2D eigenvalue weighted by Gasteiger charge is -2.10. The first-order valence-electron chi connectivity index (χ1n) is 10.8. The van der Waals surface area contributed by atoms with Gasteiger partial charge in [0.1, 0.15) is 5.82 Å². The number of fused-ring (bicyclic) bond motifs is 1. The maximum Gasteiger partial charge on any atom is 0.332 e. The zero-order valence-corrected chi connectivity index (χ0v) is 19.1. The molecule has 1 N–H and O–H groups in total. The minimum atomic E-state index is -0.468. The molecule has 0 unspecified atom stereocenters. The highest BCUT2D eigenvalue weighted by atomic mass is 35.5. The highest BCUT2D eigenvalue weighted by Crippen LogP contribution is 2.15. The summed E-state index contributed by atoms with van der Waals surface area (Å²) in [6, 6.07) is 4.89. The van der Waals surface area contributed by atoms with Crippen LogP contribution in [0.1, 0.15) is 43.1 Å². The summed E-state index contributed by atoms with van der Waals surface area (Å²) in [4.78, 5) is 34.1. The Morgan fingerprint density at radius 3 is 2.67 bits per heavy atom. The summed E-state index contributed by atoms with van der Waals surface area (Å²) >= 11 is 5.95. The molecule has 0 fully saturated rings. The van der Waals surface area contributed by atoms with Gasteiger partial charge in [-0.25, -0.2) is 9.18 Å². The van der Waals surface area contributed by atoms with Crippen LogP contribution in [-0.4, -0.2) is 39.3 Å². The van der Waals surface area contributed by atoms with Crippen LogP contribution in [-0.2, 0) is 26.1 Å². The number of unbranched alkanes of at least 4 members (excludes halogenated alkanes) is 1. The molecule has 3 heterocycles. The predicted octanol–water partition coefficient (Wildman–Crippen LogP) is 2.45. The van der Waals surface area contributed by atoms with Crippen molar-refractivity contribution in [2.75, 3.05) is 0 Å². The Morgan fingerprint density at radius 1 is 1.12 bits per heavy atom. The monoisotopic (exact) mass is 474 g/mol. The minimum Gasteiger partial charge on any atom is -0.323 e. The van der Waals surface area contributed by atoms with E-state index in [9.17, 15) is 14.0 Å². The van der Waals surface area contributed by atoms with Crippen LogP contribution in [0.5, 0.6) is 0 Å². The van der Waals surface area contributed by atoms with Crippen molar-refractivity contribution in [2.45, 2.75) is 59.2 Å². The predicted molar refractivity (Wildman–Crippen MR) is 121 cm³/mol. The minimum absolute atomic E-state index is 0.0638. The Labute approximate surface area is 193 Å². The number of aromatic amines is 1. The molecule has 0 amide bonds. The van der Waals surface area contributed by atoms with Crippen molar-refractivity contribution >= 4 is 22.8 Å². The summed E-state index contributed by atoms with van der Waals surface area (Å²) in [6.07, 6.45) is 2.31. The van der Waals surface area contributed by atoms with Crippen LogP contribution in [0.4, 0.5) is 4.39 Å². The molecule has 0 bridgehead atoms. The van der Waals surface area contributed by atoms with Crippen molar-refractivity contribution in [1.82, 2.24) is 39.3 Å². The van der Waals surface area contributed by atoms with Crippen molar-refractivity contribution < 1.29 is 4.39 Å². The fourth-order valence-electron chi connectivity index (χ4n) is 3.71. The summed E-state index contributed by atoms with van der Waals surface area (Å²) in [5, 5.41) is 12.4. The summed E-state index contributed by atoms with van der Waals surface area (Å²) in [5.74, 6) is 0.0928. The fourth-order valence-corrected chi connectivity index (χ4v) is 3.89. The molecule has 0 atom stereocenters. The smallest absolute Gasteiger partial charge is 0.323 e. The van der Waals surface area contributed by atoms with E-state index in [1.54, 1.807) is 6.07 Å². The Bertz CT molecular complexity index is 1380. The first-order valence-corrected chi connectivity index (χ1v) is 11.2. The molecular formula is C21H24ClFN8O2. The number of rotatable bonds is 9. The number of benzene rings is 1. The molecule has 4 rings (SSSR count). The number of aryl methyl sites for hydroxylation is 3. The molecule has 174 valence electrons. The average Bonchev–Trinajstić information content (AvgIpc) is 3.39. The number of tetrazole rings is 1. The number of halogens is 2. The molecule has 0 saturated heterocycles. The fraction of sp³-hybridized carbons (Fsp3) is 0.429. The van der Waals surface area contributed by atoms with Crippen LogP contribution < -0.4 is 11.2 Å². The van der Waals surface area contributed by atoms with Gasteiger partial charge in [-0.3, -0.25) is 13.9 Å². The molecule has 12 heteroatoms. The van der Waals surface area contributed by atoms with Crippen LogP contribution in [0.2, 0.25) is 5.28 Å². The number of imidazole rings is 1. The van der Waals surface area contributed by atoms with Gasteiger partial charge in [0.2, 0.25) is 5.28 Å². The topological polar surface area (TPSA) is 116 Å². The quantitative estimate of drug-likeness (QED) is 0.372. The van der Waals surface area contributed by atoms with Crippen molar-refractivity contribution in [1.29, 1.82) is 0 Å². The molecule has 33 heavy (non-hydrogen) atoms. The second kappa shape index (κ2) is 9.65. The summed E-state index contributed by atoms with van der Waals surface area (Å²) in [6.45, 7) is 4.79. The third-order valence-corrected chi connectivity index (χ3v) is 5.67. The Hall–Kier alpha value is -3.34. The summed E-state index contributed by atoms with van der Waals surface area (Å²) in [7, 11) is 0.